The Morgan fingerprint density at radius 3 is 2.13 bits per heavy atom. The summed E-state index contributed by atoms with van der Waals surface area (Å²) in [5, 5.41) is 11.3. The Kier molecular flexibility index (Phi) is 4.00. The molecule has 0 radical (unpaired) electrons. The number of carbonyl (C=O) groups is 2. The molecule has 2 aliphatic carbocycles. The van der Waals surface area contributed by atoms with Crippen LogP contribution in [-0.4, -0.2) is 16.7 Å². The number of hydrogen-bond donors (Lipinski definition) is 0. The molecule has 2 fully saturated rings. The van der Waals surface area contributed by atoms with Crippen LogP contribution in [0.15, 0.2) is 66.3 Å². The lowest BCUT2D eigenvalue weighted by molar-refractivity contribution is -0.385. The van der Waals surface area contributed by atoms with E-state index in [1.54, 1.807) is 19.1 Å². The summed E-state index contributed by atoms with van der Waals surface area (Å²) in [6.07, 6.45) is 4.08. The second kappa shape index (κ2) is 6.49. The Labute approximate surface area is 173 Å². The monoisotopic (exact) mass is 400 g/mol. The maximum absolute atomic E-state index is 13.3. The third-order valence-corrected chi connectivity index (χ3v) is 6.70. The van der Waals surface area contributed by atoms with Crippen LogP contribution >= 0.6 is 0 Å². The van der Waals surface area contributed by atoms with Gasteiger partial charge < -0.3 is 0 Å². The van der Waals surface area contributed by atoms with E-state index in [1.807, 2.05) is 42.5 Å². The van der Waals surface area contributed by atoms with E-state index in [1.165, 1.54) is 6.07 Å². The van der Waals surface area contributed by atoms with Gasteiger partial charge in [-0.05, 0) is 31.1 Å². The number of nitrogens with zero attached hydrogens (tertiary/aromatic N) is 2. The largest absolute Gasteiger partial charge is 0.274 e. The zero-order valence-electron chi connectivity index (χ0n) is 16.6. The summed E-state index contributed by atoms with van der Waals surface area (Å²) in [7, 11) is 0. The molecule has 2 aromatic carbocycles. The maximum Gasteiger partial charge on any atom is 0.274 e. The number of rotatable bonds is 3. The van der Waals surface area contributed by atoms with E-state index in [0.29, 0.717) is 5.56 Å². The predicted molar refractivity (Wildman–Crippen MR) is 112 cm³/mol. The molecule has 150 valence electrons. The second-order valence-electron chi connectivity index (χ2n) is 8.17. The minimum absolute atomic E-state index is 0.0910. The molecule has 0 aromatic heterocycles. The average Bonchev–Trinajstić information content (AvgIpc) is 3.38. The van der Waals surface area contributed by atoms with Gasteiger partial charge in [-0.2, -0.15) is 0 Å². The number of allylic oxidation sites excluding steroid dienone is 4. The normalized spacial score (nSPS) is 26.5. The quantitative estimate of drug-likeness (QED) is 0.333. The van der Waals surface area contributed by atoms with Crippen molar-refractivity contribution >= 4 is 28.8 Å². The third-order valence-electron chi connectivity index (χ3n) is 6.70. The first kappa shape index (κ1) is 18.5. The van der Waals surface area contributed by atoms with Gasteiger partial charge in [-0.3, -0.25) is 19.7 Å². The first-order valence-corrected chi connectivity index (χ1v) is 9.97. The van der Waals surface area contributed by atoms with Crippen LogP contribution in [-0.2, 0) is 9.59 Å². The Morgan fingerprint density at radius 1 is 0.967 bits per heavy atom. The van der Waals surface area contributed by atoms with Crippen LogP contribution in [0.1, 0.15) is 18.1 Å². The van der Waals surface area contributed by atoms with Crippen LogP contribution in [0, 0.1) is 40.7 Å². The van der Waals surface area contributed by atoms with Crippen molar-refractivity contribution in [1.82, 2.24) is 0 Å². The molecule has 2 aromatic rings. The van der Waals surface area contributed by atoms with Crippen molar-refractivity contribution in [1.29, 1.82) is 0 Å². The summed E-state index contributed by atoms with van der Waals surface area (Å²) in [4.78, 5) is 38.7. The highest BCUT2D eigenvalue weighted by Gasteiger charge is 2.62. The molecule has 4 atom stereocenters. The van der Waals surface area contributed by atoms with Crippen LogP contribution in [0.3, 0.4) is 0 Å². The first-order chi connectivity index (χ1) is 14.4. The molecule has 0 N–H and O–H groups in total. The number of carbonyl (C=O) groups excluding carboxylic acids is 2. The Bertz CT molecular complexity index is 1130. The molecule has 6 nitrogen and oxygen atoms in total. The molecular formula is C24H20N2O4. The van der Waals surface area contributed by atoms with Gasteiger partial charge in [-0.25, -0.2) is 4.90 Å². The minimum atomic E-state index is -0.486. The number of imide groups is 1. The van der Waals surface area contributed by atoms with Crippen molar-refractivity contribution in [2.45, 2.75) is 13.8 Å². The fourth-order valence-electron chi connectivity index (χ4n) is 5.31. The van der Waals surface area contributed by atoms with E-state index in [2.05, 4.69) is 6.92 Å². The first-order valence-electron chi connectivity index (χ1n) is 9.97. The summed E-state index contributed by atoms with van der Waals surface area (Å²) in [5.74, 6) is -1.64. The Hall–Kier alpha value is -3.54. The molecule has 6 heteroatoms. The molecule has 0 unspecified atom stereocenters. The van der Waals surface area contributed by atoms with E-state index in [0.717, 1.165) is 21.6 Å². The number of nitro groups is 1. The lowest BCUT2D eigenvalue weighted by Gasteiger charge is -2.20. The SMILES string of the molecule is CC(=C1[C@H]2C=C[C@H]1[C@H]1C(=O)N(c3ccc(C)c([N+](=O)[O-])c3)C(=O)[C@@H]12)c1ccccc1. The van der Waals surface area contributed by atoms with Gasteiger partial charge in [-0.15, -0.1) is 0 Å². The molecule has 0 spiro atoms. The summed E-state index contributed by atoms with van der Waals surface area (Å²) >= 11 is 0. The number of fused-ring (bicyclic) bond motifs is 5. The van der Waals surface area contributed by atoms with Crippen LogP contribution < -0.4 is 4.90 Å². The average molecular weight is 400 g/mol. The van der Waals surface area contributed by atoms with E-state index in [-0.39, 0.29) is 35.0 Å². The molecule has 1 saturated carbocycles. The van der Waals surface area contributed by atoms with Crippen LogP contribution in [0.4, 0.5) is 11.4 Å². The van der Waals surface area contributed by atoms with Gasteiger partial charge in [0.15, 0.2) is 0 Å². The summed E-state index contributed by atoms with van der Waals surface area (Å²) < 4.78 is 0. The van der Waals surface area contributed by atoms with Crippen LogP contribution in [0.2, 0.25) is 0 Å². The Morgan fingerprint density at radius 2 is 1.57 bits per heavy atom. The molecule has 2 amide bonds. The summed E-state index contributed by atoms with van der Waals surface area (Å²) in [5.41, 5.74) is 4.04. The number of nitro benzene ring substituents is 1. The Balaban J connectivity index is 1.54. The molecule has 1 saturated heterocycles. The van der Waals surface area contributed by atoms with Crippen molar-refractivity contribution in [3.63, 3.8) is 0 Å². The highest BCUT2D eigenvalue weighted by Crippen LogP contribution is 2.58. The van der Waals surface area contributed by atoms with Crippen molar-refractivity contribution in [2.24, 2.45) is 23.7 Å². The highest BCUT2D eigenvalue weighted by molar-refractivity contribution is 6.23. The van der Waals surface area contributed by atoms with E-state index >= 15 is 0 Å². The number of anilines is 1. The predicted octanol–water partition coefficient (Wildman–Crippen LogP) is 4.30. The molecular weight excluding hydrogens is 380 g/mol. The van der Waals surface area contributed by atoms with Gasteiger partial charge in [0.1, 0.15) is 0 Å². The molecule has 3 aliphatic rings. The van der Waals surface area contributed by atoms with Gasteiger partial charge in [-0.1, -0.05) is 54.1 Å². The highest BCUT2D eigenvalue weighted by atomic mass is 16.6. The van der Waals surface area contributed by atoms with Crippen LogP contribution in [0.25, 0.3) is 5.57 Å². The van der Waals surface area contributed by atoms with Gasteiger partial charge in [0.2, 0.25) is 11.8 Å². The fourth-order valence-corrected chi connectivity index (χ4v) is 5.31. The maximum atomic E-state index is 13.3. The second-order valence-corrected chi connectivity index (χ2v) is 8.17. The zero-order chi connectivity index (χ0) is 21.2. The number of hydrogen-bond acceptors (Lipinski definition) is 4. The molecule has 1 heterocycles. The van der Waals surface area contributed by atoms with E-state index in [9.17, 15) is 19.7 Å². The minimum Gasteiger partial charge on any atom is -0.274 e. The van der Waals surface area contributed by atoms with Gasteiger partial charge in [0.25, 0.3) is 5.69 Å². The van der Waals surface area contributed by atoms with E-state index < -0.39 is 16.8 Å². The number of aryl methyl sites for hydroxylation is 1. The third kappa shape index (κ3) is 2.43. The lowest BCUT2D eigenvalue weighted by atomic mass is 9.85. The number of benzene rings is 2. The van der Waals surface area contributed by atoms with Crippen LogP contribution in [0.5, 0.6) is 0 Å². The van der Waals surface area contributed by atoms with Crippen molar-refractivity contribution in [3.05, 3.63) is 87.5 Å². The van der Waals surface area contributed by atoms with Gasteiger partial charge in [0, 0.05) is 23.5 Å². The van der Waals surface area contributed by atoms with Crippen molar-refractivity contribution in [2.75, 3.05) is 4.90 Å². The van der Waals surface area contributed by atoms with Crippen molar-refractivity contribution in [3.8, 4) is 0 Å². The lowest BCUT2D eigenvalue weighted by Crippen LogP contribution is -2.33. The topological polar surface area (TPSA) is 80.5 Å². The number of amides is 2. The van der Waals surface area contributed by atoms with Crippen molar-refractivity contribution < 1.29 is 14.5 Å². The molecule has 5 rings (SSSR count). The smallest absolute Gasteiger partial charge is 0.274 e. The fraction of sp³-hybridized carbons (Fsp3) is 0.250. The summed E-state index contributed by atoms with van der Waals surface area (Å²) in [6.45, 7) is 3.69. The standard InChI is InChI=1S/C24H20N2O4/c1-13-8-9-16(12-19(13)26(29)30)25-23(27)21-17-10-11-18(22(21)24(25)28)20(17)14(2)15-6-4-3-5-7-15/h3-12,17-18,21-22H,1-2H3/t17-,18-,21-,22-/m1/s1. The zero-order valence-corrected chi connectivity index (χ0v) is 16.6. The van der Waals surface area contributed by atoms with E-state index in [4.69, 9.17) is 0 Å². The van der Waals surface area contributed by atoms with Gasteiger partial charge >= 0.3 is 0 Å². The summed E-state index contributed by atoms with van der Waals surface area (Å²) in [6, 6.07) is 14.5. The molecule has 30 heavy (non-hydrogen) atoms. The molecule has 1 aliphatic heterocycles. The van der Waals surface area contributed by atoms with Gasteiger partial charge in [0.05, 0.1) is 22.4 Å². The molecule has 2 bridgehead atoms.